The monoisotopic (exact) mass is 185 g/mol. The first-order chi connectivity index (χ1) is 6.10. The summed E-state index contributed by atoms with van der Waals surface area (Å²) in [6.07, 6.45) is 5.18. The van der Waals surface area contributed by atoms with Crippen LogP contribution in [0.4, 0.5) is 0 Å². The van der Waals surface area contributed by atoms with Crippen molar-refractivity contribution in [2.75, 3.05) is 0 Å². The van der Waals surface area contributed by atoms with E-state index in [1.807, 2.05) is 0 Å². The van der Waals surface area contributed by atoms with Crippen molar-refractivity contribution < 1.29 is 0 Å². The van der Waals surface area contributed by atoms with Crippen LogP contribution in [0.5, 0.6) is 0 Å². The molecule has 0 aromatic rings. The Morgan fingerprint density at radius 2 is 1.54 bits per heavy atom. The van der Waals surface area contributed by atoms with Crippen molar-refractivity contribution in [3.05, 3.63) is 0 Å². The van der Waals surface area contributed by atoms with Crippen LogP contribution >= 0.6 is 0 Å². The molecule has 13 heavy (non-hydrogen) atoms. The fourth-order valence-electron chi connectivity index (χ4n) is 1.46. The lowest BCUT2D eigenvalue weighted by Crippen LogP contribution is -2.35. The Hall–Kier alpha value is -0.0400. The molecule has 0 saturated carbocycles. The van der Waals surface area contributed by atoms with Gasteiger partial charge in [-0.1, -0.05) is 27.7 Å². The Bertz CT molecular complexity index is 110. The summed E-state index contributed by atoms with van der Waals surface area (Å²) in [5.74, 6) is 0.841. The van der Waals surface area contributed by atoms with E-state index in [-0.39, 0.29) is 0 Å². The zero-order valence-corrected chi connectivity index (χ0v) is 10.1. The van der Waals surface area contributed by atoms with Crippen molar-refractivity contribution >= 4 is 0 Å². The summed E-state index contributed by atoms with van der Waals surface area (Å²) >= 11 is 0. The highest BCUT2D eigenvalue weighted by molar-refractivity contribution is 4.69. The second-order valence-electron chi connectivity index (χ2n) is 4.55. The van der Waals surface area contributed by atoms with Crippen molar-refractivity contribution in [2.45, 2.75) is 72.4 Å². The van der Waals surface area contributed by atoms with Gasteiger partial charge in [-0.2, -0.15) is 0 Å². The van der Waals surface area contributed by atoms with Gasteiger partial charge in [0, 0.05) is 12.1 Å². The zero-order valence-electron chi connectivity index (χ0n) is 10.1. The SMILES string of the molecule is CCC(C)NC(CC)CCC(C)C. The maximum Gasteiger partial charge on any atom is 0.00670 e. The molecule has 0 aliphatic carbocycles. The molecule has 1 heteroatoms. The predicted octanol–water partition coefficient (Wildman–Crippen LogP) is 3.59. The Kier molecular flexibility index (Phi) is 7.35. The molecule has 1 nitrogen and oxygen atoms in total. The Morgan fingerprint density at radius 3 is 1.92 bits per heavy atom. The molecule has 2 unspecified atom stereocenters. The van der Waals surface area contributed by atoms with E-state index in [1.165, 1.54) is 25.7 Å². The number of nitrogens with one attached hydrogen (secondary N) is 1. The molecule has 0 amide bonds. The molecule has 2 atom stereocenters. The van der Waals surface area contributed by atoms with Gasteiger partial charge in [0.1, 0.15) is 0 Å². The molecule has 0 aromatic carbocycles. The van der Waals surface area contributed by atoms with Crippen LogP contribution < -0.4 is 5.32 Å². The standard InChI is InChI=1S/C12H27N/c1-6-11(5)13-12(7-2)9-8-10(3)4/h10-13H,6-9H2,1-5H3. The van der Waals surface area contributed by atoms with E-state index in [1.54, 1.807) is 0 Å². The first-order valence-electron chi connectivity index (χ1n) is 5.86. The first-order valence-corrected chi connectivity index (χ1v) is 5.86. The second kappa shape index (κ2) is 7.37. The Morgan fingerprint density at radius 1 is 0.923 bits per heavy atom. The first kappa shape index (κ1) is 13.0. The summed E-state index contributed by atoms with van der Waals surface area (Å²) in [6, 6.07) is 1.41. The van der Waals surface area contributed by atoms with Crippen molar-refractivity contribution in [3.63, 3.8) is 0 Å². The van der Waals surface area contributed by atoms with E-state index in [0.717, 1.165) is 12.0 Å². The minimum Gasteiger partial charge on any atom is -0.312 e. The molecule has 0 rings (SSSR count). The van der Waals surface area contributed by atoms with Crippen LogP contribution in [0.1, 0.15) is 60.3 Å². The van der Waals surface area contributed by atoms with Crippen LogP contribution in [-0.4, -0.2) is 12.1 Å². The summed E-state index contributed by atoms with van der Waals surface area (Å²) in [5, 5.41) is 3.67. The maximum atomic E-state index is 3.67. The quantitative estimate of drug-likeness (QED) is 0.639. The highest BCUT2D eigenvalue weighted by atomic mass is 14.9. The largest absolute Gasteiger partial charge is 0.312 e. The molecule has 0 aliphatic rings. The smallest absolute Gasteiger partial charge is 0.00670 e. The highest BCUT2D eigenvalue weighted by Crippen LogP contribution is 2.10. The lowest BCUT2D eigenvalue weighted by Gasteiger charge is -2.22. The van der Waals surface area contributed by atoms with Gasteiger partial charge in [-0.05, 0) is 38.5 Å². The lowest BCUT2D eigenvalue weighted by molar-refractivity contribution is 0.379. The fraction of sp³-hybridized carbons (Fsp3) is 1.00. The summed E-state index contributed by atoms with van der Waals surface area (Å²) < 4.78 is 0. The van der Waals surface area contributed by atoms with E-state index in [9.17, 15) is 0 Å². The van der Waals surface area contributed by atoms with Crippen LogP contribution in [0.15, 0.2) is 0 Å². The Balaban J connectivity index is 3.62. The molecule has 0 bridgehead atoms. The third-order valence-corrected chi connectivity index (χ3v) is 2.72. The molecule has 0 saturated heterocycles. The zero-order chi connectivity index (χ0) is 10.3. The molecule has 0 aliphatic heterocycles. The number of hydrogen-bond donors (Lipinski definition) is 1. The van der Waals surface area contributed by atoms with Crippen LogP contribution in [0.25, 0.3) is 0 Å². The minimum absolute atomic E-state index is 0.678. The van der Waals surface area contributed by atoms with Crippen LogP contribution in [0, 0.1) is 5.92 Å². The van der Waals surface area contributed by atoms with Gasteiger partial charge in [0.2, 0.25) is 0 Å². The van der Waals surface area contributed by atoms with Gasteiger partial charge in [0.15, 0.2) is 0 Å². The van der Waals surface area contributed by atoms with Gasteiger partial charge in [0.05, 0.1) is 0 Å². The predicted molar refractivity (Wildman–Crippen MR) is 61.0 cm³/mol. The van der Waals surface area contributed by atoms with Gasteiger partial charge < -0.3 is 5.32 Å². The van der Waals surface area contributed by atoms with E-state index in [4.69, 9.17) is 0 Å². The third-order valence-electron chi connectivity index (χ3n) is 2.72. The normalized spacial score (nSPS) is 16.2. The topological polar surface area (TPSA) is 12.0 Å². The average Bonchev–Trinajstić information content (AvgIpc) is 2.11. The number of hydrogen-bond acceptors (Lipinski definition) is 1. The number of rotatable bonds is 7. The summed E-state index contributed by atoms with van der Waals surface area (Å²) in [4.78, 5) is 0. The van der Waals surface area contributed by atoms with E-state index >= 15 is 0 Å². The van der Waals surface area contributed by atoms with E-state index < -0.39 is 0 Å². The van der Waals surface area contributed by atoms with E-state index in [2.05, 4.69) is 39.9 Å². The highest BCUT2D eigenvalue weighted by Gasteiger charge is 2.09. The maximum absolute atomic E-state index is 3.67. The molecule has 0 aromatic heterocycles. The average molecular weight is 185 g/mol. The third kappa shape index (κ3) is 7.06. The molecule has 0 heterocycles. The Labute approximate surface area is 84.3 Å². The lowest BCUT2D eigenvalue weighted by atomic mass is 10.0. The van der Waals surface area contributed by atoms with Crippen molar-refractivity contribution in [3.8, 4) is 0 Å². The molecule has 1 N–H and O–H groups in total. The van der Waals surface area contributed by atoms with Crippen molar-refractivity contribution in [2.24, 2.45) is 5.92 Å². The van der Waals surface area contributed by atoms with Crippen LogP contribution in [0.3, 0.4) is 0 Å². The van der Waals surface area contributed by atoms with Gasteiger partial charge >= 0.3 is 0 Å². The van der Waals surface area contributed by atoms with Crippen LogP contribution in [-0.2, 0) is 0 Å². The van der Waals surface area contributed by atoms with Gasteiger partial charge in [0.25, 0.3) is 0 Å². The second-order valence-corrected chi connectivity index (χ2v) is 4.55. The van der Waals surface area contributed by atoms with E-state index in [0.29, 0.717) is 6.04 Å². The molecule has 0 radical (unpaired) electrons. The molecular formula is C12H27N. The summed E-state index contributed by atoms with van der Waals surface area (Å²) in [6.45, 7) is 11.4. The summed E-state index contributed by atoms with van der Waals surface area (Å²) in [7, 11) is 0. The van der Waals surface area contributed by atoms with Gasteiger partial charge in [-0.15, -0.1) is 0 Å². The van der Waals surface area contributed by atoms with Crippen LogP contribution in [0.2, 0.25) is 0 Å². The van der Waals surface area contributed by atoms with Crippen molar-refractivity contribution in [1.29, 1.82) is 0 Å². The molecule has 0 spiro atoms. The minimum atomic E-state index is 0.678. The van der Waals surface area contributed by atoms with Gasteiger partial charge in [-0.25, -0.2) is 0 Å². The summed E-state index contributed by atoms with van der Waals surface area (Å²) in [5.41, 5.74) is 0. The molecule has 80 valence electrons. The molecule has 0 fully saturated rings. The molecular weight excluding hydrogens is 158 g/mol. The van der Waals surface area contributed by atoms with Gasteiger partial charge in [-0.3, -0.25) is 0 Å². The van der Waals surface area contributed by atoms with Crippen molar-refractivity contribution in [1.82, 2.24) is 5.32 Å². The fourth-order valence-corrected chi connectivity index (χ4v) is 1.46.